The highest BCUT2D eigenvalue weighted by Gasteiger charge is 2.17. The molecule has 1 saturated carbocycles. The van der Waals surface area contributed by atoms with Crippen molar-refractivity contribution in [3.8, 4) is 0 Å². The van der Waals surface area contributed by atoms with E-state index >= 15 is 0 Å². The van der Waals surface area contributed by atoms with E-state index in [1.165, 1.54) is 25.7 Å². The van der Waals surface area contributed by atoms with Crippen molar-refractivity contribution in [3.05, 3.63) is 0 Å². The van der Waals surface area contributed by atoms with Crippen LogP contribution in [0, 0.1) is 5.92 Å². The molecule has 0 bridgehead atoms. The summed E-state index contributed by atoms with van der Waals surface area (Å²) in [5.41, 5.74) is 0.654. The molecule has 52 valence electrons. The lowest BCUT2D eigenvalue weighted by Gasteiger charge is -2.23. The molecule has 0 saturated heterocycles. The average Bonchev–Trinajstić information content (AvgIpc) is 1.90. The van der Waals surface area contributed by atoms with E-state index in [4.69, 9.17) is 4.80 Å². The van der Waals surface area contributed by atoms with E-state index in [1.807, 2.05) is 0 Å². The second kappa shape index (κ2) is 3.37. The van der Waals surface area contributed by atoms with E-state index in [2.05, 4.69) is 6.92 Å². The van der Waals surface area contributed by atoms with E-state index in [0.29, 0.717) is 5.54 Å². The van der Waals surface area contributed by atoms with Crippen LogP contribution >= 0.6 is 0 Å². The van der Waals surface area contributed by atoms with Gasteiger partial charge in [-0.15, -0.1) is 0 Å². The zero-order chi connectivity index (χ0) is 6.69. The summed E-state index contributed by atoms with van der Waals surface area (Å²) < 4.78 is 0. The predicted octanol–water partition coefficient (Wildman–Crippen LogP) is 1.60. The first-order chi connectivity index (χ1) is 4.33. The summed E-state index contributed by atoms with van der Waals surface area (Å²) in [7, 11) is 0.197. The molecule has 0 aliphatic heterocycles. The lowest BCUT2D eigenvalue weighted by Crippen LogP contribution is -2.12. The van der Waals surface area contributed by atoms with Gasteiger partial charge < -0.3 is 4.80 Å². The molecule has 0 aromatic rings. The second-order valence-corrected chi connectivity index (χ2v) is 4.16. The fourth-order valence-electron chi connectivity index (χ4n) is 1.39. The van der Waals surface area contributed by atoms with Gasteiger partial charge in [-0.2, -0.15) is 0 Å². The van der Waals surface area contributed by atoms with E-state index < -0.39 is 0 Å². The van der Waals surface area contributed by atoms with Gasteiger partial charge in [0.05, 0.1) is 0 Å². The monoisotopic (exact) mass is 142 g/mol. The summed E-state index contributed by atoms with van der Waals surface area (Å²) in [4.78, 5) is 8.81. The lowest BCUT2D eigenvalue weighted by molar-refractivity contribution is 0.371. The van der Waals surface area contributed by atoms with Gasteiger partial charge in [0.2, 0.25) is 9.76 Å². The SMILES string of the molecule is CC1CCC([Si]O)CC1. The third kappa shape index (κ3) is 2.10. The Kier molecular flexibility index (Phi) is 2.73. The maximum Gasteiger partial charge on any atom is 0.227 e. The summed E-state index contributed by atoms with van der Waals surface area (Å²) in [6, 6.07) is 0. The maximum atomic E-state index is 8.81. The fourth-order valence-corrected chi connectivity index (χ4v) is 1.98. The summed E-state index contributed by atoms with van der Waals surface area (Å²) in [5.74, 6) is 0.914. The third-order valence-corrected chi connectivity index (χ3v) is 3.14. The smallest absolute Gasteiger partial charge is 0.227 e. The first kappa shape index (κ1) is 7.29. The topological polar surface area (TPSA) is 20.2 Å². The molecule has 0 amide bonds. The van der Waals surface area contributed by atoms with Gasteiger partial charge in [-0.25, -0.2) is 0 Å². The molecule has 1 rings (SSSR count). The molecule has 2 heteroatoms. The van der Waals surface area contributed by atoms with Crippen LogP contribution in [0.15, 0.2) is 0 Å². The Morgan fingerprint density at radius 3 is 2.22 bits per heavy atom. The van der Waals surface area contributed by atoms with Gasteiger partial charge >= 0.3 is 0 Å². The predicted molar refractivity (Wildman–Crippen MR) is 39.4 cm³/mol. The van der Waals surface area contributed by atoms with Crippen molar-refractivity contribution in [1.82, 2.24) is 0 Å². The van der Waals surface area contributed by atoms with Crippen LogP contribution in [-0.2, 0) is 0 Å². The van der Waals surface area contributed by atoms with Crippen molar-refractivity contribution in [2.75, 3.05) is 0 Å². The van der Waals surface area contributed by atoms with Gasteiger partial charge in [0, 0.05) is 0 Å². The molecule has 1 nitrogen and oxygen atoms in total. The Labute approximate surface area is 59.4 Å². The van der Waals surface area contributed by atoms with Crippen molar-refractivity contribution in [2.24, 2.45) is 5.92 Å². The van der Waals surface area contributed by atoms with Crippen LogP contribution in [0.25, 0.3) is 0 Å². The van der Waals surface area contributed by atoms with E-state index in [-0.39, 0.29) is 9.76 Å². The third-order valence-electron chi connectivity index (χ3n) is 2.20. The van der Waals surface area contributed by atoms with E-state index in [9.17, 15) is 0 Å². The first-order valence-electron chi connectivity index (χ1n) is 3.72. The molecular weight excluding hydrogens is 128 g/mol. The maximum absolute atomic E-state index is 8.81. The quantitative estimate of drug-likeness (QED) is 0.551. The highest BCUT2D eigenvalue weighted by Crippen LogP contribution is 2.30. The van der Waals surface area contributed by atoms with Crippen molar-refractivity contribution < 1.29 is 4.80 Å². The molecule has 0 heterocycles. The number of rotatable bonds is 1. The standard InChI is InChI=1S/C7H14OSi/c1-6-2-4-7(9-8)5-3-6/h6-8H,2-5H2,1H3. The molecule has 1 aliphatic rings. The summed E-state index contributed by atoms with van der Waals surface area (Å²) >= 11 is 0. The fraction of sp³-hybridized carbons (Fsp3) is 1.00. The molecule has 0 aromatic carbocycles. The zero-order valence-corrected chi connectivity index (χ0v) is 6.93. The minimum absolute atomic E-state index is 0.197. The van der Waals surface area contributed by atoms with Gasteiger partial charge in [-0.1, -0.05) is 32.6 Å². The van der Waals surface area contributed by atoms with Crippen LogP contribution in [0.3, 0.4) is 0 Å². The molecular formula is C7H14OSi. The van der Waals surface area contributed by atoms with Crippen LogP contribution in [-0.4, -0.2) is 14.6 Å². The number of hydrogen-bond acceptors (Lipinski definition) is 1. The van der Waals surface area contributed by atoms with Crippen molar-refractivity contribution in [1.29, 1.82) is 0 Å². The Balaban J connectivity index is 2.18. The summed E-state index contributed by atoms with van der Waals surface area (Å²) in [6.07, 6.45) is 5.18. The van der Waals surface area contributed by atoms with Crippen LogP contribution < -0.4 is 0 Å². The Bertz CT molecular complexity index is 77.0. The van der Waals surface area contributed by atoms with E-state index in [0.717, 1.165) is 5.92 Å². The van der Waals surface area contributed by atoms with Crippen LogP contribution in [0.1, 0.15) is 32.6 Å². The van der Waals surface area contributed by atoms with Crippen molar-refractivity contribution in [2.45, 2.75) is 38.1 Å². The lowest BCUT2D eigenvalue weighted by atomic mass is 9.90. The summed E-state index contributed by atoms with van der Waals surface area (Å²) in [6.45, 7) is 2.30. The average molecular weight is 142 g/mol. The molecule has 0 aromatic heterocycles. The first-order valence-corrected chi connectivity index (χ1v) is 4.75. The van der Waals surface area contributed by atoms with Crippen molar-refractivity contribution in [3.63, 3.8) is 0 Å². The molecule has 1 aliphatic carbocycles. The largest absolute Gasteiger partial charge is 0.431 e. The van der Waals surface area contributed by atoms with Gasteiger partial charge in [0.25, 0.3) is 0 Å². The number of hydrogen-bond donors (Lipinski definition) is 1. The van der Waals surface area contributed by atoms with E-state index in [1.54, 1.807) is 0 Å². The molecule has 9 heavy (non-hydrogen) atoms. The second-order valence-electron chi connectivity index (χ2n) is 3.09. The van der Waals surface area contributed by atoms with Gasteiger partial charge in [-0.3, -0.25) is 0 Å². The minimum Gasteiger partial charge on any atom is -0.431 e. The van der Waals surface area contributed by atoms with Gasteiger partial charge in [0.1, 0.15) is 0 Å². The Morgan fingerprint density at radius 2 is 1.78 bits per heavy atom. The summed E-state index contributed by atoms with van der Waals surface area (Å²) in [5, 5.41) is 0. The zero-order valence-electron chi connectivity index (χ0n) is 5.93. The van der Waals surface area contributed by atoms with Gasteiger partial charge in [-0.05, 0) is 11.5 Å². The van der Waals surface area contributed by atoms with Crippen LogP contribution in [0.5, 0.6) is 0 Å². The highest BCUT2D eigenvalue weighted by molar-refractivity contribution is 6.27. The molecule has 0 unspecified atom stereocenters. The molecule has 1 fully saturated rings. The Morgan fingerprint density at radius 1 is 1.22 bits per heavy atom. The molecule has 1 N–H and O–H groups in total. The normalized spacial score (nSPS) is 36.7. The minimum atomic E-state index is 0.197. The molecule has 2 radical (unpaired) electrons. The highest BCUT2D eigenvalue weighted by atomic mass is 28.2. The van der Waals surface area contributed by atoms with Gasteiger partial charge in [0.15, 0.2) is 0 Å². The van der Waals surface area contributed by atoms with Crippen molar-refractivity contribution >= 4 is 9.76 Å². The molecule has 0 spiro atoms. The Hall–Kier alpha value is 0.177. The van der Waals surface area contributed by atoms with Crippen LogP contribution in [0.4, 0.5) is 0 Å². The molecule has 0 atom stereocenters. The van der Waals surface area contributed by atoms with Crippen LogP contribution in [0.2, 0.25) is 5.54 Å².